The average molecular weight is 408 g/mol. The van der Waals surface area contributed by atoms with E-state index in [0.29, 0.717) is 0 Å². The van der Waals surface area contributed by atoms with Crippen LogP contribution >= 0.6 is 22.9 Å². The molecule has 2 aromatic rings. The van der Waals surface area contributed by atoms with Crippen LogP contribution in [0.25, 0.3) is 0 Å². The molecule has 9 heteroatoms. The van der Waals surface area contributed by atoms with Crippen LogP contribution in [0.4, 0.5) is 5.13 Å². The quantitative estimate of drug-likeness (QED) is 0.586. The molecule has 2 aromatic heterocycles. The van der Waals surface area contributed by atoms with E-state index in [9.17, 15) is 0 Å². The normalized spacial score (nSPS) is 15.5. The zero-order valence-corrected chi connectivity index (χ0v) is 18.3. The summed E-state index contributed by atoms with van der Waals surface area (Å²) in [6.07, 6.45) is 2.84. The number of thiazole rings is 1. The van der Waals surface area contributed by atoms with Gasteiger partial charge < -0.3 is 15.1 Å². The van der Waals surface area contributed by atoms with Gasteiger partial charge in [-0.05, 0) is 13.3 Å². The Morgan fingerprint density at radius 3 is 2.52 bits per heavy atom. The van der Waals surface area contributed by atoms with Crippen molar-refractivity contribution < 1.29 is 0 Å². The van der Waals surface area contributed by atoms with E-state index >= 15 is 0 Å². The Bertz CT molecular complexity index is 760. The molecule has 7 nitrogen and oxygen atoms in total. The van der Waals surface area contributed by atoms with Gasteiger partial charge >= 0.3 is 0 Å². The first kappa shape index (κ1) is 20.0. The maximum absolute atomic E-state index is 4.72. The summed E-state index contributed by atoms with van der Waals surface area (Å²) in [4.78, 5) is 19.8. The lowest BCUT2D eigenvalue weighted by Gasteiger charge is -2.36. The van der Waals surface area contributed by atoms with Gasteiger partial charge in [-0.3, -0.25) is 4.99 Å². The number of piperazine rings is 1. The van der Waals surface area contributed by atoms with Gasteiger partial charge in [0.2, 0.25) is 5.13 Å². The highest BCUT2D eigenvalue weighted by molar-refractivity contribution is 7.11. The molecule has 0 bridgehead atoms. The standard InChI is InChI=1S/C18H29N7S2/c1-5-14-13(3)26-16(21-14)7-8-20-17(19-4)24-9-11-25(12-10-24)18-22-15(6-2)23-27-18/h5-12H2,1-4H3,(H,19,20). The third-order valence-corrected chi connectivity index (χ3v) is 6.62. The van der Waals surface area contributed by atoms with Gasteiger partial charge in [0.05, 0.1) is 10.7 Å². The maximum Gasteiger partial charge on any atom is 0.205 e. The first-order valence-corrected chi connectivity index (χ1v) is 11.2. The Labute approximate surface area is 169 Å². The van der Waals surface area contributed by atoms with Crippen LogP contribution in [0.5, 0.6) is 0 Å². The lowest BCUT2D eigenvalue weighted by molar-refractivity contribution is 0.372. The molecule has 0 amide bonds. The third-order valence-electron chi connectivity index (χ3n) is 4.73. The number of guanidine groups is 1. The molecule has 1 aliphatic rings. The monoisotopic (exact) mass is 407 g/mol. The fourth-order valence-electron chi connectivity index (χ4n) is 3.16. The zero-order valence-electron chi connectivity index (χ0n) is 16.7. The van der Waals surface area contributed by atoms with E-state index in [1.165, 1.54) is 27.1 Å². The fraction of sp³-hybridized carbons (Fsp3) is 0.667. The van der Waals surface area contributed by atoms with Crippen LogP contribution in [0.15, 0.2) is 4.99 Å². The second-order valence-corrected chi connectivity index (χ2v) is 8.53. The smallest absolute Gasteiger partial charge is 0.205 e. The molecule has 0 unspecified atom stereocenters. The summed E-state index contributed by atoms with van der Waals surface area (Å²) in [5, 5.41) is 5.75. The van der Waals surface area contributed by atoms with Gasteiger partial charge in [-0.25, -0.2) is 9.97 Å². The molecule has 1 fully saturated rings. The Kier molecular flexibility index (Phi) is 7.01. The Hall–Kier alpha value is -1.74. The van der Waals surface area contributed by atoms with Crippen molar-refractivity contribution in [3.8, 4) is 0 Å². The van der Waals surface area contributed by atoms with Crippen LogP contribution in [-0.4, -0.2) is 65.0 Å². The molecule has 3 heterocycles. The molecule has 3 rings (SSSR count). The minimum absolute atomic E-state index is 0.860. The van der Waals surface area contributed by atoms with Gasteiger partial charge in [-0.2, -0.15) is 4.37 Å². The molecule has 0 aliphatic carbocycles. The van der Waals surface area contributed by atoms with E-state index in [4.69, 9.17) is 4.98 Å². The summed E-state index contributed by atoms with van der Waals surface area (Å²) in [5.74, 6) is 1.92. The second kappa shape index (κ2) is 9.45. The van der Waals surface area contributed by atoms with Crippen molar-refractivity contribution >= 4 is 34.0 Å². The average Bonchev–Trinajstić information content (AvgIpc) is 3.32. The topological polar surface area (TPSA) is 69.5 Å². The van der Waals surface area contributed by atoms with Gasteiger partial charge in [-0.1, -0.05) is 13.8 Å². The highest BCUT2D eigenvalue weighted by atomic mass is 32.1. The predicted octanol–water partition coefficient (Wildman–Crippen LogP) is 2.37. The van der Waals surface area contributed by atoms with Gasteiger partial charge in [0.25, 0.3) is 0 Å². The van der Waals surface area contributed by atoms with Crippen molar-refractivity contribution in [3.63, 3.8) is 0 Å². The molecule has 1 aliphatic heterocycles. The first-order chi connectivity index (χ1) is 13.1. The Morgan fingerprint density at radius 1 is 1.15 bits per heavy atom. The van der Waals surface area contributed by atoms with Crippen LogP contribution in [0.2, 0.25) is 0 Å². The lowest BCUT2D eigenvalue weighted by atomic mass is 10.3. The van der Waals surface area contributed by atoms with Crippen molar-refractivity contribution in [1.29, 1.82) is 0 Å². The molecule has 27 heavy (non-hydrogen) atoms. The number of hydrogen-bond donors (Lipinski definition) is 1. The number of anilines is 1. The third kappa shape index (κ3) is 4.95. The van der Waals surface area contributed by atoms with Crippen molar-refractivity contribution in [2.75, 3.05) is 44.7 Å². The molecular formula is C18H29N7S2. The highest BCUT2D eigenvalue weighted by Gasteiger charge is 2.22. The summed E-state index contributed by atoms with van der Waals surface area (Å²) in [6, 6.07) is 0. The van der Waals surface area contributed by atoms with E-state index in [1.54, 1.807) is 0 Å². The van der Waals surface area contributed by atoms with E-state index in [2.05, 4.69) is 50.2 Å². The summed E-state index contributed by atoms with van der Waals surface area (Å²) in [5.41, 5.74) is 1.23. The summed E-state index contributed by atoms with van der Waals surface area (Å²) in [7, 11) is 1.86. The summed E-state index contributed by atoms with van der Waals surface area (Å²) >= 11 is 3.32. The lowest BCUT2D eigenvalue weighted by Crippen LogP contribution is -2.52. The van der Waals surface area contributed by atoms with Crippen molar-refractivity contribution in [3.05, 3.63) is 21.4 Å². The molecule has 0 radical (unpaired) electrons. The largest absolute Gasteiger partial charge is 0.356 e. The van der Waals surface area contributed by atoms with Gasteiger partial charge in [0, 0.05) is 69.0 Å². The molecule has 0 aromatic carbocycles. The molecular weight excluding hydrogens is 378 g/mol. The van der Waals surface area contributed by atoms with Crippen molar-refractivity contribution in [2.45, 2.75) is 40.0 Å². The number of nitrogens with one attached hydrogen (secondary N) is 1. The van der Waals surface area contributed by atoms with Crippen LogP contribution in [0.1, 0.15) is 35.3 Å². The minimum Gasteiger partial charge on any atom is -0.356 e. The fourth-order valence-corrected chi connectivity index (χ4v) is 4.98. The minimum atomic E-state index is 0.860. The second-order valence-electron chi connectivity index (χ2n) is 6.51. The molecule has 1 N–H and O–H groups in total. The van der Waals surface area contributed by atoms with Gasteiger partial charge in [-0.15, -0.1) is 11.3 Å². The van der Waals surface area contributed by atoms with E-state index in [1.807, 2.05) is 18.4 Å². The van der Waals surface area contributed by atoms with Crippen LogP contribution < -0.4 is 10.2 Å². The maximum atomic E-state index is 4.72. The summed E-state index contributed by atoms with van der Waals surface area (Å²) < 4.78 is 4.40. The predicted molar refractivity (Wildman–Crippen MR) is 114 cm³/mol. The number of rotatable bonds is 6. The molecule has 1 saturated heterocycles. The Morgan fingerprint density at radius 2 is 1.93 bits per heavy atom. The first-order valence-electron chi connectivity index (χ1n) is 9.62. The Balaban J connectivity index is 1.47. The molecule has 0 spiro atoms. The molecule has 0 saturated carbocycles. The van der Waals surface area contributed by atoms with Crippen LogP contribution in [-0.2, 0) is 19.3 Å². The van der Waals surface area contributed by atoms with E-state index in [-0.39, 0.29) is 0 Å². The van der Waals surface area contributed by atoms with E-state index < -0.39 is 0 Å². The van der Waals surface area contributed by atoms with Crippen LogP contribution in [0.3, 0.4) is 0 Å². The number of hydrogen-bond acceptors (Lipinski definition) is 7. The van der Waals surface area contributed by atoms with Crippen molar-refractivity contribution in [2.24, 2.45) is 4.99 Å². The van der Waals surface area contributed by atoms with Crippen LogP contribution in [0, 0.1) is 6.92 Å². The summed E-state index contributed by atoms with van der Waals surface area (Å²) in [6.45, 7) is 11.1. The van der Waals surface area contributed by atoms with Gasteiger partial charge in [0.1, 0.15) is 5.82 Å². The number of aromatic nitrogens is 3. The number of nitrogens with zero attached hydrogens (tertiary/aromatic N) is 6. The zero-order chi connectivity index (χ0) is 19.2. The number of aryl methyl sites for hydroxylation is 3. The highest BCUT2D eigenvalue weighted by Crippen LogP contribution is 2.20. The number of aliphatic imine (C=N–C) groups is 1. The SMILES string of the molecule is CCc1nsc(N2CCN(C(=NC)NCCc3nc(CC)c(C)s3)CC2)n1. The molecule has 0 atom stereocenters. The van der Waals surface area contributed by atoms with Crippen molar-refractivity contribution in [1.82, 2.24) is 24.6 Å². The van der Waals surface area contributed by atoms with Gasteiger partial charge in [0.15, 0.2) is 5.96 Å². The molecule has 148 valence electrons. The van der Waals surface area contributed by atoms with E-state index in [0.717, 1.165) is 68.9 Å².